The fourth-order valence-electron chi connectivity index (χ4n) is 1.90. The van der Waals surface area contributed by atoms with Crippen molar-refractivity contribution < 1.29 is 0 Å². The van der Waals surface area contributed by atoms with E-state index in [1.807, 2.05) is 32.2 Å². The second-order valence-corrected chi connectivity index (χ2v) is 4.88. The van der Waals surface area contributed by atoms with Crippen molar-refractivity contribution in [2.24, 2.45) is 0 Å². The van der Waals surface area contributed by atoms with Crippen molar-refractivity contribution in [3.8, 4) is 6.07 Å². The van der Waals surface area contributed by atoms with E-state index >= 15 is 0 Å². The van der Waals surface area contributed by atoms with E-state index in [2.05, 4.69) is 21.3 Å². The molecule has 0 radical (unpaired) electrons. The molecule has 0 spiro atoms. The smallest absolute Gasteiger partial charge is 0.128 e. The van der Waals surface area contributed by atoms with Crippen molar-refractivity contribution >= 4 is 18.2 Å². The van der Waals surface area contributed by atoms with Crippen molar-refractivity contribution in [1.29, 1.82) is 5.26 Å². The Balaban J connectivity index is 0.00000162. The highest BCUT2D eigenvalue weighted by Gasteiger charge is 2.20. The molecule has 4 nitrogen and oxygen atoms in total. The Morgan fingerprint density at radius 1 is 1.33 bits per heavy atom. The molecular weight excluding hydrogens is 248 g/mol. The number of halogens is 1. The zero-order chi connectivity index (χ0) is 12.3. The second-order valence-electron chi connectivity index (χ2n) is 4.88. The zero-order valence-electron chi connectivity index (χ0n) is 10.8. The summed E-state index contributed by atoms with van der Waals surface area (Å²) in [6.07, 6.45) is 1.82. The monoisotopic (exact) mass is 266 g/mol. The number of aromatic nitrogens is 1. The molecule has 1 fully saturated rings. The highest BCUT2D eigenvalue weighted by molar-refractivity contribution is 5.85. The van der Waals surface area contributed by atoms with Gasteiger partial charge < -0.3 is 10.2 Å². The molecule has 0 atom stereocenters. The van der Waals surface area contributed by atoms with Crippen LogP contribution in [0.5, 0.6) is 0 Å². The van der Waals surface area contributed by atoms with Crippen LogP contribution in [-0.4, -0.2) is 31.2 Å². The molecule has 1 aromatic rings. The minimum atomic E-state index is -0.463. The first-order valence-electron chi connectivity index (χ1n) is 5.97. The third kappa shape index (κ3) is 3.12. The van der Waals surface area contributed by atoms with Gasteiger partial charge in [-0.1, -0.05) is 6.07 Å². The van der Waals surface area contributed by atoms with E-state index in [0.29, 0.717) is 0 Å². The standard InChI is InChI=1S/C13H18N4.ClH/c1-13(2,10-14)11-3-4-12(16-9-11)17-7-5-15-6-8-17;/h3-4,9,15H,5-8H2,1-2H3;1H. The lowest BCUT2D eigenvalue weighted by Crippen LogP contribution is -2.43. The largest absolute Gasteiger partial charge is 0.354 e. The van der Waals surface area contributed by atoms with Crippen LogP contribution in [0.2, 0.25) is 0 Å². The summed E-state index contributed by atoms with van der Waals surface area (Å²) in [5.41, 5.74) is 0.508. The predicted octanol–water partition coefficient (Wildman–Crippen LogP) is 1.71. The van der Waals surface area contributed by atoms with Gasteiger partial charge in [0.15, 0.2) is 0 Å². The average molecular weight is 267 g/mol. The van der Waals surface area contributed by atoms with Gasteiger partial charge in [-0.25, -0.2) is 4.98 Å². The number of rotatable bonds is 2. The molecular formula is C13H19ClN4. The van der Waals surface area contributed by atoms with Crippen LogP contribution in [0.4, 0.5) is 5.82 Å². The molecule has 1 saturated heterocycles. The van der Waals surface area contributed by atoms with Gasteiger partial charge in [0.05, 0.1) is 11.5 Å². The number of piperazine rings is 1. The molecule has 1 aromatic heterocycles. The van der Waals surface area contributed by atoms with Crippen molar-refractivity contribution in [1.82, 2.24) is 10.3 Å². The van der Waals surface area contributed by atoms with Crippen LogP contribution in [0.25, 0.3) is 0 Å². The maximum Gasteiger partial charge on any atom is 0.128 e. The molecule has 1 N–H and O–H groups in total. The Morgan fingerprint density at radius 3 is 2.50 bits per heavy atom. The van der Waals surface area contributed by atoms with Crippen LogP contribution < -0.4 is 10.2 Å². The number of pyridine rings is 1. The molecule has 2 rings (SSSR count). The molecule has 98 valence electrons. The van der Waals surface area contributed by atoms with E-state index in [-0.39, 0.29) is 12.4 Å². The second kappa shape index (κ2) is 6.03. The Bertz CT molecular complexity index is 416. The number of hydrogen-bond acceptors (Lipinski definition) is 4. The third-order valence-corrected chi connectivity index (χ3v) is 3.19. The molecule has 5 heteroatoms. The Kier molecular flexibility index (Phi) is 4.94. The molecule has 0 aliphatic carbocycles. The van der Waals surface area contributed by atoms with E-state index in [1.54, 1.807) is 0 Å². The van der Waals surface area contributed by atoms with Crippen LogP contribution in [0.1, 0.15) is 19.4 Å². The summed E-state index contributed by atoms with van der Waals surface area (Å²) in [6, 6.07) is 6.31. The Labute approximate surface area is 114 Å². The summed E-state index contributed by atoms with van der Waals surface area (Å²) in [7, 11) is 0. The van der Waals surface area contributed by atoms with Gasteiger partial charge in [0.1, 0.15) is 5.82 Å². The van der Waals surface area contributed by atoms with Gasteiger partial charge in [0.25, 0.3) is 0 Å². The molecule has 0 aromatic carbocycles. The summed E-state index contributed by atoms with van der Waals surface area (Å²) in [4.78, 5) is 6.73. The molecule has 1 aliphatic heterocycles. The summed E-state index contributed by atoms with van der Waals surface area (Å²) in [6.45, 7) is 7.82. The lowest BCUT2D eigenvalue weighted by Gasteiger charge is -2.28. The normalized spacial score (nSPS) is 15.7. The predicted molar refractivity (Wildman–Crippen MR) is 75.2 cm³/mol. The van der Waals surface area contributed by atoms with E-state index < -0.39 is 5.41 Å². The van der Waals surface area contributed by atoms with Gasteiger partial charge >= 0.3 is 0 Å². The van der Waals surface area contributed by atoms with Gasteiger partial charge in [-0.3, -0.25) is 0 Å². The SMILES string of the molecule is CC(C)(C#N)c1ccc(N2CCNCC2)nc1.Cl. The average Bonchev–Trinajstić information content (AvgIpc) is 2.40. The van der Waals surface area contributed by atoms with E-state index in [9.17, 15) is 0 Å². The number of hydrogen-bond donors (Lipinski definition) is 1. The lowest BCUT2D eigenvalue weighted by molar-refractivity contribution is 0.584. The van der Waals surface area contributed by atoms with E-state index in [4.69, 9.17) is 5.26 Å². The minimum absolute atomic E-state index is 0. The number of anilines is 1. The van der Waals surface area contributed by atoms with Crippen LogP contribution in [0, 0.1) is 11.3 Å². The number of nitriles is 1. The molecule has 0 unspecified atom stereocenters. The molecule has 2 heterocycles. The maximum atomic E-state index is 9.07. The maximum absolute atomic E-state index is 9.07. The third-order valence-electron chi connectivity index (χ3n) is 3.19. The first-order chi connectivity index (χ1) is 8.13. The van der Waals surface area contributed by atoms with E-state index in [0.717, 1.165) is 37.6 Å². The summed E-state index contributed by atoms with van der Waals surface area (Å²) in [5.74, 6) is 1.00. The summed E-state index contributed by atoms with van der Waals surface area (Å²) >= 11 is 0. The summed E-state index contributed by atoms with van der Waals surface area (Å²) in [5, 5.41) is 12.4. The Hall–Kier alpha value is -1.31. The first-order valence-corrected chi connectivity index (χ1v) is 5.97. The molecule has 1 aliphatic rings. The Morgan fingerprint density at radius 2 is 2.00 bits per heavy atom. The fourth-order valence-corrected chi connectivity index (χ4v) is 1.90. The quantitative estimate of drug-likeness (QED) is 0.886. The van der Waals surface area contributed by atoms with Crippen LogP contribution >= 0.6 is 12.4 Å². The molecule has 0 amide bonds. The highest BCUT2D eigenvalue weighted by atomic mass is 35.5. The lowest BCUT2D eigenvalue weighted by atomic mass is 9.88. The van der Waals surface area contributed by atoms with Crippen LogP contribution in [0.3, 0.4) is 0 Å². The van der Waals surface area contributed by atoms with Crippen molar-refractivity contribution in [2.45, 2.75) is 19.3 Å². The van der Waals surface area contributed by atoms with Crippen molar-refractivity contribution in [3.05, 3.63) is 23.9 Å². The first kappa shape index (κ1) is 14.7. The molecule has 0 saturated carbocycles. The van der Waals surface area contributed by atoms with E-state index in [1.165, 1.54) is 0 Å². The van der Waals surface area contributed by atoms with Crippen LogP contribution in [0.15, 0.2) is 18.3 Å². The fraction of sp³-hybridized carbons (Fsp3) is 0.538. The summed E-state index contributed by atoms with van der Waals surface area (Å²) < 4.78 is 0. The van der Waals surface area contributed by atoms with Gasteiger partial charge in [-0.05, 0) is 25.5 Å². The van der Waals surface area contributed by atoms with Gasteiger partial charge in [0, 0.05) is 32.4 Å². The van der Waals surface area contributed by atoms with Gasteiger partial charge in [-0.15, -0.1) is 12.4 Å². The van der Waals surface area contributed by atoms with Gasteiger partial charge in [0.2, 0.25) is 0 Å². The topological polar surface area (TPSA) is 52.0 Å². The highest BCUT2D eigenvalue weighted by Crippen LogP contribution is 2.23. The molecule has 0 bridgehead atoms. The number of nitrogens with zero attached hydrogens (tertiary/aromatic N) is 3. The zero-order valence-corrected chi connectivity index (χ0v) is 11.6. The minimum Gasteiger partial charge on any atom is -0.354 e. The van der Waals surface area contributed by atoms with Gasteiger partial charge in [-0.2, -0.15) is 5.26 Å². The molecule has 18 heavy (non-hydrogen) atoms. The van der Waals surface area contributed by atoms with Crippen LogP contribution in [-0.2, 0) is 5.41 Å². The van der Waals surface area contributed by atoms with Crippen molar-refractivity contribution in [3.63, 3.8) is 0 Å². The van der Waals surface area contributed by atoms with Crippen molar-refractivity contribution in [2.75, 3.05) is 31.1 Å². The number of nitrogens with one attached hydrogen (secondary N) is 1.